The van der Waals surface area contributed by atoms with Crippen LogP contribution in [0.3, 0.4) is 0 Å². The molecule has 3 atom stereocenters. The summed E-state index contributed by atoms with van der Waals surface area (Å²) in [5.74, 6) is 0. The number of ether oxygens (including phenoxy) is 2. The smallest absolute Gasteiger partial charge is 0.379 e. The molecule has 0 saturated carbocycles. The van der Waals surface area contributed by atoms with E-state index in [0.29, 0.717) is 26.2 Å². The molecule has 1 saturated heterocycles. The fourth-order valence-corrected chi connectivity index (χ4v) is 2.02. The van der Waals surface area contributed by atoms with Crippen LogP contribution in [0.1, 0.15) is 13.3 Å². The Morgan fingerprint density at radius 3 is 2.93 bits per heavy atom. The molecule has 0 aromatic heterocycles. The topological polar surface area (TPSA) is 74.2 Å². The number of hydrogen-bond acceptors (Lipinski definition) is 5. The molecule has 6 nitrogen and oxygen atoms in total. The summed E-state index contributed by atoms with van der Waals surface area (Å²) < 4.78 is 31.0. The van der Waals surface area contributed by atoms with Gasteiger partial charge in [0.2, 0.25) is 0 Å². The molecule has 1 fully saturated rings. The highest BCUT2D eigenvalue weighted by Crippen LogP contribution is 2.45. The molecule has 0 aliphatic carbocycles. The molecule has 90 valence electrons. The molecule has 0 bridgehead atoms. The van der Waals surface area contributed by atoms with Gasteiger partial charge in [-0.1, -0.05) is 0 Å². The molecule has 1 aliphatic rings. The zero-order valence-electron chi connectivity index (χ0n) is 8.92. The van der Waals surface area contributed by atoms with Crippen molar-refractivity contribution < 1.29 is 28.0 Å². The summed E-state index contributed by atoms with van der Waals surface area (Å²) >= 11 is 0. The van der Waals surface area contributed by atoms with Gasteiger partial charge in [-0.05, 0) is 6.92 Å². The Hall–Kier alpha value is 0.0300. The van der Waals surface area contributed by atoms with Gasteiger partial charge in [0.05, 0.1) is 6.61 Å². The van der Waals surface area contributed by atoms with E-state index in [2.05, 4.69) is 4.52 Å². The predicted molar refractivity (Wildman–Crippen MR) is 52.6 cm³/mol. The fourth-order valence-electron chi connectivity index (χ4n) is 1.35. The highest BCUT2D eigenvalue weighted by Gasteiger charge is 2.35. The third-order valence-electron chi connectivity index (χ3n) is 2.13. The average molecular weight is 240 g/mol. The van der Waals surface area contributed by atoms with Crippen LogP contribution in [0.25, 0.3) is 0 Å². The summed E-state index contributed by atoms with van der Waals surface area (Å²) in [6.07, 6.45) is -0.154. The van der Waals surface area contributed by atoms with Gasteiger partial charge in [-0.25, -0.2) is 4.57 Å². The molecular formula is C8H17O6P. The predicted octanol–water partition coefficient (Wildman–Crippen LogP) is 0.944. The number of rotatable bonds is 6. The Morgan fingerprint density at radius 2 is 2.33 bits per heavy atom. The molecular weight excluding hydrogens is 223 g/mol. The van der Waals surface area contributed by atoms with Crippen LogP contribution in [0.4, 0.5) is 0 Å². The van der Waals surface area contributed by atoms with Crippen LogP contribution in [0.2, 0.25) is 0 Å². The molecule has 15 heavy (non-hydrogen) atoms. The Kier molecular flexibility index (Phi) is 5.18. The van der Waals surface area contributed by atoms with Crippen LogP contribution in [-0.2, 0) is 23.1 Å². The first kappa shape index (κ1) is 13.1. The van der Waals surface area contributed by atoms with Crippen molar-refractivity contribution in [2.75, 3.05) is 26.9 Å². The largest absolute Gasteiger partial charge is 0.472 e. The summed E-state index contributed by atoms with van der Waals surface area (Å²) in [5, 5.41) is 0. The van der Waals surface area contributed by atoms with Gasteiger partial charge in [0.1, 0.15) is 12.2 Å². The number of hydrogen-bond donors (Lipinski definition) is 1. The maximum atomic E-state index is 11.2. The normalized spacial score (nSPS) is 30.3. The maximum absolute atomic E-state index is 11.2. The van der Waals surface area contributed by atoms with E-state index in [1.165, 1.54) is 0 Å². The summed E-state index contributed by atoms with van der Waals surface area (Å²) in [6.45, 7) is 3.32. The van der Waals surface area contributed by atoms with Crippen molar-refractivity contribution in [2.24, 2.45) is 0 Å². The van der Waals surface area contributed by atoms with Gasteiger partial charge in [-0.15, -0.1) is 0 Å². The second-order valence-electron chi connectivity index (χ2n) is 3.15. The van der Waals surface area contributed by atoms with E-state index in [9.17, 15) is 4.57 Å². The van der Waals surface area contributed by atoms with Crippen LogP contribution in [-0.4, -0.2) is 44.0 Å². The first-order valence-electron chi connectivity index (χ1n) is 4.85. The molecule has 1 heterocycles. The maximum Gasteiger partial charge on any atom is 0.472 e. The van der Waals surface area contributed by atoms with Crippen molar-refractivity contribution in [2.45, 2.75) is 25.6 Å². The zero-order chi connectivity index (χ0) is 11.3. The molecule has 1 aliphatic heterocycles. The molecule has 0 radical (unpaired) electrons. The average Bonchev–Trinajstić information content (AvgIpc) is 2.62. The van der Waals surface area contributed by atoms with Crippen LogP contribution in [0, 0.1) is 0 Å². The minimum absolute atomic E-state index is 0.291. The van der Waals surface area contributed by atoms with Crippen molar-refractivity contribution in [1.82, 2.24) is 0 Å². The zero-order valence-corrected chi connectivity index (χ0v) is 9.81. The van der Waals surface area contributed by atoms with E-state index < -0.39 is 13.9 Å². The van der Waals surface area contributed by atoms with Gasteiger partial charge in [0, 0.05) is 26.7 Å². The molecule has 0 aromatic carbocycles. The lowest BCUT2D eigenvalue weighted by Gasteiger charge is -2.20. The molecule has 1 rings (SSSR count). The molecule has 0 spiro atoms. The van der Waals surface area contributed by atoms with Crippen molar-refractivity contribution in [3.63, 3.8) is 0 Å². The van der Waals surface area contributed by atoms with E-state index in [1.54, 1.807) is 0 Å². The van der Waals surface area contributed by atoms with Crippen molar-refractivity contribution in [3.05, 3.63) is 0 Å². The monoisotopic (exact) mass is 240 g/mol. The van der Waals surface area contributed by atoms with Gasteiger partial charge >= 0.3 is 7.82 Å². The van der Waals surface area contributed by atoms with Crippen molar-refractivity contribution in [3.8, 4) is 0 Å². The number of phosphoric acid groups is 1. The van der Waals surface area contributed by atoms with Crippen LogP contribution in [0.15, 0.2) is 0 Å². The van der Waals surface area contributed by atoms with Gasteiger partial charge in [-0.2, -0.15) is 0 Å². The Labute approximate surface area is 89.1 Å². The van der Waals surface area contributed by atoms with Gasteiger partial charge in [0.15, 0.2) is 0 Å². The van der Waals surface area contributed by atoms with Gasteiger partial charge in [0.25, 0.3) is 0 Å². The molecule has 7 heteroatoms. The lowest BCUT2D eigenvalue weighted by Crippen LogP contribution is -2.28. The molecule has 0 aromatic rings. The van der Waals surface area contributed by atoms with Crippen molar-refractivity contribution >= 4 is 7.82 Å². The Balaban J connectivity index is 2.42. The lowest BCUT2D eigenvalue weighted by atomic mass is 10.2. The summed E-state index contributed by atoms with van der Waals surface area (Å²) in [4.78, 5) is 9.14. The van der Waals surface area contributed by atoms with Crippen molar-refractivity contribution in [1.29, 1.82) is 0 Å². The third kappa shape index (κ3) is 4.18. The van der Waals surface area contributed by atoms with E-state index in [0.717, 1.165) is 7.11 Å². The lowest BCUT2D eigenvalue weighted by molar-refractivity contribution is -0.0218. The quantitative estimate of drug-likeness (QED) is 0.696. The Morgan fingerprint density at radius 1 is 1.60 bits per heavy atom. The van der Waals surface area contributed by atoms with E-state index in [4.69, 9.17) is 18.9 Å². The van der Waals surface area contributed by atoms with Crippen LogP contribution >= 0.6 is 7.82 Å². The summed E-state index contributed by atoms with van der Waals surface area (Å²) in [7, 11) is -2.79. The second kappa shape index (κ2) is 5.94. The van der Waals surface area contributed by atoms with Gasteiger partial charge < -0.3 is 14.4 Å². The third-order valence-corrected chi connectivity index (χ3v) is 3.13. The van der Waals surface area contributed by atoms with Crippen LogP contribution in [0.5, 0.6) is 0 Å². The number of phosphoric ester groups is 1. The van der Waals surface area contributed by atoms with Crippen LogP contribution < -0.4 is 0 Å². The van der Waals surface area contributed by atoms with E-state index in [-0.39, 0.29) is 6.10 Å². The van der Waals surface area contributed by atoms with Gasteiger partial charge in [-0.3, -0.25) is 9.05 Å². The molecule has 0 amide bonds. The fraction of sp³-hybridized carbons (Fsp3) is 1.00. The summed E-state index contributed by atoms with van der Waals surface area (Å²) in [6, 6.07) is 0. The molecule has 1 unspecified atom stereocenters. The highest BCUT2D eigenvalue weighted by atomic mass is 31.2. The standard InChI is InChI=1S/C8H17O6P/c1-3-12-6-8-7(4-5-13-8)14-15(9,10)11-2/h7-8H,3-6H2,1-2H3,(H,9,10)/t7-,8-/m1/s1. The highest BCUT2D eigenvalue weighted by molar-refractivity contribution is 7.47. The minimum Gasteiger partial charge on any atom is -0.379 e. The van der Waals surface area contributed by atoms with E-state index in [1.807, 2.05) is 6.92 Å². The minimum atomic E-state index is -3.93. The second-order valence-corrected chi connectivity index (χ2v) is 4.67. The first-order chi connectivity index (χ1) is 7.09. The molecule has 1 N–H and O–H groups in total. The first-order valence-corrected chi connectivity index (χ1v) is 6.35. The summed E-state index contributed by atoms with van der Waals surface area (Å²) in [5.41, 5.74) is 0. The Bertz CT molecular complexity index is 233. The van der Waals surface area contributed by atoms with E-state index >= 15 is 0 Å². The SMILES string of the molecule is CCOC[C@H]1OCC[C@H]1OP(=O)(O)OC.